The number of aromatic nitrogens is 4. The SMILES string of the molecule is CCc1ccc(OCc2ccc(C(=O)Nc3cnn(Cc4cnn(CC)c4)c3)o2)cc1. The van der Waals surface area contributed by atoms with E-state index >= 15 is 0 Å². The van der Waals surface area contributed by atoms with Crippen LogP contribution in [0.3, 0.4) is 0 Å². The monoisotopic (exact) mass is 419 g/mol. The molecule has 8 nitrogen and oxygen atoms in total. The van der Waals surface area contributed by atoms with Crippen molar-refractivity contribution in [1.82, 2.24) is 19.6 Å². The molecule has 0 radical (unpaired) electrons. The number of nitrogens with zero attached hydrogens (tertiary/aromatic N) is 4. The molecule has 4 aromatic rings. The summed E-state index contributed by atoms with van der Waals surface area (Å²) in [4.78, 5) is 12.5. The van der Waals surface area contributed by atoms with Crippen LogP contribution in [0.4, 0.5) is 5.69 Å². The topological polar surface area (TPSA) is 87.1 Å². The van der Waals surface area contributed by atoms with Crippen LogP contribution in [0.2, 0.25) is 0 Å². The van der Waals surface area contributed by atoms with Crippen LogP contribution in [0.1, 0.15) is 41.3 Å². The van der Waals surface area contributed by atoms with Gasteiger partial charge in [0, 0.05) is 24.5 Å². The van der Waals surface area contributed by atoms with E-state index in [1.54, 1.807) is 29.2 Å². The second-order valence-electron chi connectivity index (χ2n) is 7.14. The molecular formula is C23H25N5O3. The lowest BCUT2D eigenvalue weighted by molar-refractivity contribution is 0.0992. The van der Waals surface area contributed by atoms with E-state index in [4.69, 9.17) is 9.15 Å². The first-order valence-electron chi connectivity index (χ1n) is 10.3. The van der Waals surface area contributed by atoms with E-state index in [-0.39, 0.29) is 18.3 Å². The molecule has 1 aromatic carbocycles. The van der Waals surface area contributed by atoms with Crippen LogP contribution in [0, 0.1) is 0 Å². The number of furan rings is 1. The maximum atomic E-state index is 12.5. The van der Waals surface area contributed by atoms with Crippen LogP contribution in [-0.4, -0.2) is 25.5 Å². The maximum absolute atomic E-state index is 12.5. The second kappa shape index (κ2) is 9.34. The molecule has 0 aliphatic heterocycles. The van der Waals surface area contributed by atoms with Gasteiger partial charge in [0.25, 0.3) is 5.91 Å². The molecule has 1 N–H and O–H groups in total. The first-order valence-corrected chi connectivity index (χ1v) is 10.3. The molecule has 1 amide bonds. The van der Waals surface area contributed by atoms with Gasteiger partial charge in [0.2, 0.25) is 0 Å². The Labute approximate surface area is 180 Å². The first-order chi connectivity index (χ1) is 15.1. The highest BCUT2D eigenvalue weighted by Crippen LogP contribution is 2.17. The third kappa shape index (κ3) is 5.22. The Hall–Kier alpha value is -3.81. The lowest BCUT2D eigenvalue weighted by Gasteiger charge is -2.05. The zero-order valence-electron chi connectivity index (χ0n) is 17.6. The Morgan fingerprint density at radius 3 is 2.55 bits per heavy atom. The molecule has 0 atom stereocenters. The average Bonchev–Trinajstić information content (AvgIpc) is 3.54. The molecule has 0 spiro atoms. The number of aryl methyl sites for hydroxylation is 2. The van der Waals surface area contributed by atoms with Gasteiger partial charge in [-0.2, -0.15) is 10.2 Å². The Morgan fingerprint density at radius 1 is 1.00 bits per heavy atom. The van der Waals surface area contributed by atoms with Crippen LogP contribution in [0.25, 0.3) is 0 Å². The number of ether oxygens (including phenoxy) is 1. The van der Waals surface area contributed by atoms with Crippen molar-refractivity contribution in [3.63, 3.8) is 0 Å². The molecular weight excluding hydrogens is 394 g/mol. The quantitative estimate of drug-likeness (QED) is 0.441. The van der Waals surface area contributed by atoms with Crippen molar-refractivity contribution in [1.29, 1.82) is 0 Å². The van der Waals surface area contributed by atoms with Gasteiger partial charge in [-0.25, -0.2) is 0 Å². The summed E-state index contributed by atoms with van der Waals surface area (Å²) in [6.07, 6.45) is 8.15. The molecule has 0 saturated carbocycles. The molecule has 160 valence electrons. The number of carbonyl (C=O) groups is 1. The van der Waals surface area contributed by atoms with Gasteiger partial charge >= 0.3 is 0 Å². The number of amides is 1. The number of rotatable bonds is 9. The van der Waals surface area contributed by atoms with Crippen LogP contribution in [0.15, 0.2) is 65.6 Å². The average molecular weight is 419 g/mol. The van der Waals surface area contributed by atoms with Crippen molar-refractivity contribution >= 4 is 11.6 Å². The Balaban J connectivity index is 1.30. The van der Waals surface area contributed by atoms with Gasteiger partial charge in [0.05, 0.1) is 24.6 Å². The summed E-state index contributed by atoms with van der Waals surface area (Å²) in [5, 5.41) is 11.3. The van der Waals surface area contributed by atoms with Crippen molar-refractivity contribution in [2.24, 2.45) is 0 Å². The van der Waals surface area contributed by atoms with E-state index in [1.807, 2.05) is 48.3 Å². The molecule has 0 aliphatic carbocycles. The minimum atomic E-state index is -0.336. The highest BCUT2D eigenvalue weighted by Gasteiger charge is 2.13. The Bertz CT molecular complexity index is 1140. The standard InChI is InChI=1S/C23H25N5O3/c1-3-17-5-7-20(8-6-17)30-16-21-9-10-22(31-21)23(29)26-19-12-25-28(15-19)14-18-11-24-27(4-2)13-18/h5-13,15H,3-4,14,16H2,1-2H3,(H,26,29). The highest BCUT2D eigenvalue weighted by atomic mass is 16.5. The van der Waals surface area contributed by atoms with Gasteiger partial charge in [0.15, 0.2) is 5.76 Å². The predicted molar refractivity (Wildman–Crippen MR) is 116 cm³/mol. The number of nitrogens with one attached hydrogen (secondary N) is 1. The fourth-order valence-corrected chi connectivity index (χ4v) is 3.11. The van der Waals surface area contributed by atoms with Gasteiger partial charge in [-0.1, -0.05) is 19.1 Å². The van der Waals surface area contributed by atoms with E-state index in [0.717, 1.165) is 24.3 Å². The highest BCUT2D eigenvalue weighted by molar-refractivity contribution is 6.02. The number of anilines is 1. The van der Waals surface area contributed by atoms with Crippen LogP contribution < -0.4 is 10.1 Å². The second-order valence-corrected chi connectivity index (χ2v) is 7.14. The molecule has 8 heteroatoms. The van der Waals surface area contributed by atoms with E-state index in [2.05, 4.69) is 22.4 Å². The summed E-state index contributed by atoms with van der Waals surface area (Å²) in [6, 6.07) is 11.3. The van der Waals surface area contributed by atoms with Gasteiger partial charge in [-0.15, -0.1) is 0 Å². The van der Waals surface area contributed by atoms with Gasteiger partial charge in [-0.05, 0) is 43.2 Å². The zero-order chi connectivity index (χ0) is 21.6. The largest absolute Gasteiger partial charge is 0.486 e. The third-order valence-corrected chi connectivity index (χ3v) is 4.84. The van der Waals surface area contributed by atoms with Crippen molar-refractivity contribution in [3.8, 4) is 5.75 Å². The molecule has 0 aliphatic rings. The summed E-state index contributed by atoms with van der Waals surface area (Å²) >= 11 is 0. The minimum absolute atomic E-state index is 0.219. The van der Waals surface area contributed by atoms with E-state index in [0.29, 0.717) is 18.0 Å². The zero-order valence-corrected chi connectivity index (χ0v) is 17.6. The number of carbonyl (C=O) groups excluding carboxylic acids is 1. The van der Waals surface area contributed by atoms with Crippen LogP contribution in [0.5, 0.6) is 5.75 Å². The molecule has 0 unspecified atom stereocenters. The fraction of sp³-hybridized carbons (Fsp3) is 0.261. The third-order valence-electron chi connectivity index (χ3n) is 4.84. The van der Waals surface area contributed by atoms with Gasteiger partial charge < -0.3 is 14.5 Å². The minimum Gasteiger partial charge on any atom is -0.486 e. The summed E-state index contributed by atoms with van der Waals surface area (Å²) in [5.41, 5.74) is 2.89. The predicted octanol–water partition coefficient (Wildman–Crippen LogP) is 4.13. The molecule has 3 aromatic heterocycles. The maximum Gasteiger partial charge on any atom is 0.291 e. The number of hydrogen-bond donors (Lipinski definition) is 1. The lowest BCUT2D eigenvalue weighted by atomic mass is 10.2. The number of benzene rings is 1. The van der Waals surface area contributed by atoms with E-state index in [1.165, 1.54) is 5.56 Å². The van der Waals surface area contributed by atoms with E-state index < -0.39 is 0 Å². The normalized spacial score (nSPS) is 10.9. The summed E-state index contributed by atoms with van der Waals surface area (Å²) in [6.45, 7) is 5.80. The first kappa shape index (κ1) is 20.5. The Kier molecular flexibility index (Phi) is 6.16. The number of hydrogen-bond acceptors (Lipinski definition) is 5. The van der Waals surface area contributed by atoms with Crippen molar-refractivity contribution < 1.29 is 13.9 Å². The molecule has 3 heterocycles. The van der Waals surface area contributed by atoms with Crippen molar-refractivity contribution in [2.45, 2.75) is 40.0 Å². The van der Waals surface area contributed by atoms with Gasteiger partial charge in [-0.3, -0.25) is 14.2 Å². The summed E-state index contributed by atoms with van der Waals surface area (Å²) in [7, 11) is 0. The summed E-state index contributed by atoms with van der Waals surface area (Å²) < 4.78 is 15.0. The smallest absolute Gasteiger partial charge is 0.291 e. The van der Waals surface area contributed by atoms with Gasteiger partial charge in [0.1, 0.15) is 18.1 Å². The van der Waals surface area contributed by atoms with Crippen molar-refractivity contribution in [3.05, 3.63) is 83.8 Å². The Morgan fingerprint density at radius 2 is 1.81 bits per heavy atom. The lowest BCUT2D eigenvalue weighted by Crippen LogP contribution is -2.10. The van der Waals surface area contributed by atoms with Crippen LogP contribution >= 0.6 is 0 Å². The molecule has 0 saturated heterocycles. The van der Waals surface area contributed by atoms with Crippen LogP contribution in [-0.2, 0) is 26.1 Å². The molecule has 31 heavy (non-hydrogen) atoms. The molecule has 0 fully saturated rings. The molecule has 4 rings (SSSR count). The summed E-state index contributed by atoms with van der Waals surface area (Å²) in [5.74, 6) is 1.22. The molecule has 0 bridgehead atoms. The van der Waals surface area contributed by atoms with E-state index in [9.17, 15) is 4.79 Å². The van der Waals surface area contributed by atoms with Crippen molar-refractivity contribution in [2.75, 3.05) is 5.32 Å². The fourth-order valence-electron chi connectivity index (χ4n) is 3.11.